The Morgan fingerprint density at radius 3 is 3.07 bits per heavy atom. The normalized spacial score (nSPS) is 19.7. The highest BCUT2D eigenvalue weighted by Crippen LogP contribution is 2.28. The summed E-state index contributed by atoms with van der Waals surface area (Å²) < 4.78 is 0. The fourth-order valence-electron chi connectivity index (χ4n) is 2.39. The number of aliphatic imine (C=N–C) groups is 1. The average Bonchev–Trinajstić information content (AvgIpc) is 2.61. The maximum absolute atomic E-state index is 4.56. The van der Waals surface area contributed by atoms with Gasteiger partial charge >= 0.3 is 0 Å². The Hall–Kier alpha value is -1.31. The Balaban J connectivity index is 2.10. The van der Waals surface area contributed by atoms with Crippen LogP contribution in [0.4, 0.5) is 5.69 Å². The van der Waals surface area contributed by atoms with Gasteiger partial charge in [-0.1, -0.05) is 18.2 Å². The van der Waals surface area contributed by atoms with Crippen LogP contribution in [0, 0.1) is 0 Å². The minimum atomic E-state index is 0.976. The molecule has 72 valence electrons. The SMILES string of the molecule is c1ccc2c(c1)CCCC1=NCCN12. The van der Waals surface area contributed by atoms with Crippen molar-refractivity contribution in [3.05, 3.63) is 29.8 Å². The molecule has 14 heavy (non-hydrogen) atoms. The molecular formula is C12H14N2. The number of anilines is 1. The zero-order chi connectivity index (χ0) is 9.38. The first kappa shape index (κ1) is 8.04. The Bertz CT molecular complexity index is 382. The second-order valence-corrected chi connectivity index (χ2v) is 3.93. The minimum absolute atomic E-state index is 0.976. The number of benzene rings is 1. The summed E-state index contributed by atoms with van der Waals surface area (Å²) in [5.74, 6) is 1.30. The van der Waals surface area contributed by atoms with Crippen LogP contribution in [0.3, 0.4) is 0 Å². The number of hydrogen-bond acceptors (Lipinski definition) is 2. The van der Waals surface area contributed by atoms with Gasteiger partial charge in [-0.15, -0.1) is 0 Å². The van der Waals surface area contributed by atoms with Crippen LogP contribution in [0.5, 0.6) is 0 Å². The maximum Gasteiger partial charge on any atom is 0.103 e. The molecule has 1 aromatic carbocycles. The van der Waals surface area contributed by atoms with E-state index in [9.17, 15) is 0 Å². The fourth-order valence-corrected chi connectivity index (χ4v) is 2.39. The molecule has 0 saturated carbocycles. The first-order chi connectivity index (χ1) is 6.95. The predicted molar refractivity (Wildman–Crippen MR) is 59.0 cm³/mol. The molecule has 0 aliphatic carbocycles. The van der Waals surface area contributed by atoms with Crippen molar-refractivity contribution in [3.8, 4) is 0 Å². The number of aryl methyl sites for hydroxylation is 1. The van der Waals surface area contributed by atoms with Crippen molar-refractivity contribution in [1.82, 2.24) is 0 Å². The lowest BCUT2D eigenvalue weighted by Crippen LogP contribution is -2.26. The Morgan fingerprint density at radius 2 is 2.07 bits per heavy atom. The van der Waals surface area contributed by atoms with Crippen LogP contribution >= 0.6 is 0 Å². The van der Waals surface area contributed by atoms with Gasteiger partial charge in [0.05, 0.1) is 6.54 Å². The van der Waals surface area contributed by atoms with Crippen LogP contribution in [0.2, 0.25) is 0 Å². The van der Waals surface area contributed by atoms with E-state index in [1.54, 1.807) is 0 Å². The van der Waals surface area contributed by atoms with Crippen molar-refractivity contribution in [2.45, 2.75) is 19.3 Å². The minimum Gasteiger partial charge on any atom is -0.328 e. The molecule has 2 aliphatic rings. The smallest absolute Gasteiger partial charge is 0.103 e. The first-order valence-corrected chi connectivity index (χ1v) is 5.34. The van der Waals surface area contributed by atoms with Gasteiger partial charge in [0.1, 0.15) is 5.84 Å². The predicted octanol–water partition coefficient (Wildman–Crippen LogP) is 2.24. The van der Waals surface area contributed by atoms with Crippen molar-refractivity contribution in [2.75, 3.05) is 18.0 Å². The van der Waals surface area contributed by atoms with E-state index in [0.717, 1.165) is 19.5 Å². The van der Waals surface area contributed by atoms with Crippen molar-refractivity contribution in [1.29, 1.82) is 0 Å². The third kappa shape index (κ3) is 1.14. The van der Waals surface area contributed by atoms with Gasteiger partial charge in [-0.2, -0.15) is 0 Å². The van der Waals surface area contributed by atoms with E-state index in [2.05, 4.69) is 34.2 Å². The molecule has 0 aromatic heterocycles. The van der Waals surface area contributed by atoms with Crippen molar-refractivity contribution in [2.24, 2.45) is 4.99 Å². The third-order valence-corrected chi connectivity index (χ3v) is 3.06. The molecule has 1 aromatic rings. The maximum atomic E-state index is 4.56. The molecular weight excluding hydrogens is 172 g/mol. The van der Waals surface area contributed by atoms with E-state index in [1.165, 1.54) is 29.9 Å². The van der Waals surface area contributed by atoms with Gasteiger partial charge in [-0.05, 0) is 24.5 Å². The summed E-state index contributed by atoms with van der Waals surface area (Å²) in [5.41, 5.74) is 2.88. The topological polar surface area (TPSA) is 15.6 Å². The van der Waals surface area contributed by atoms with Crippen molar-refractivity contribution >= 4 is 11.5 Å². The molecule has 3 rings (SSSR count). The van der Waals surface area contributed by atoms with Crippen LogP contribution in [-0.2, 0) is 6.42 Å². The number of amidine groups is 1. The van der Waals surface area contributed by atoms with E-state index < -0.39 is 0 Å². The molecule has 0 N–H and O–H groups in total. The summed E-state index contributed by atoms with van der Waals surface area (Å²) in [6.45, 7) is 2.05. The molecule has 0 fully saturated rings. The molecule has 0 spiro atoms. The lowest BCUT2D eigenvalue weighted by Gasteiger charge is -2.20. The summed E-state index contributed by atoms with van der Waals surface area (Å²) in [6.07, 6.45) is 3.59. The number of nitrogens with zero attached hydrogens (tertiary/aromatic N) is 2. The molecule has 0 bridgehead atoms. The lowest BCUT2D eigenvalue weighted by atomic mass is 10.1. The molecule has 2 heterocycles. The first-order valence-electron chi connectivity index (χ1n) is 5.34. The average molecular weight is 186 g/mol. The van der Waals surface area contributed by atoms with E-state index in [4.69, 9.17) is 0 Å². The third-order valence-electron chi connectivity index (χ3n) is 3.06. The van der Waals surface area contributed by atoms with E-state index in [1.807, 2.05) is 0 Å². The van der Waals surface area contributed by atoms with Gasteiger partial charge in [0.2, 0.25) is 0 Å². The Morgan fingerprint density at radius 1 is 1.14 bits per heavy atom. The molecule has 2 heteroatoms. The number of rotatable bonds is 0. The van der Waals surface area contributed by atoms with Gasteiger partial charge in [0.15, 0.2) is 0 Å². The summed E-state index contributed by atoms with van der Waals surface area (Å²) in [7, 11) is 0. The van der Waals surface area contributed by atoms with Gasteiger partial charge in [-0.25, -0.2) is 0 Å². The van der Waals surface area contributed by atoms with Crippen LogP contribution in [0.15, 0.2) is 29.3 Å². The quantitative estimate of drug-likeness (QED) is 0.606. The monoisotopic (exact) mass is 186 g/mol. The second-order valence-electron chi connectivity index (χ2n) is 3.93. The van der Waals surface area contributed by atoms with Crippen LogP contribution in [-0.4, -0.2) is 18.9 Å². The molecule has 0 radical (unpaired) electrons. The molecule has 2 aliphatic heterocycles. The van der Waals surface area contributed by atoms with Crippen LogP contribution in [0.1, 0.15) is 18.4 Å². The van der Waals surface area contributed by atoms with Crippen molar-refractivity contribution in [3.63, 3.8) is 0 Å². The molecule has 0 saturated heterocycles. The lowest BCUT2D eigenvalue weighted by molar-refractivity contribution is 0.876. The molecule has 0 unspecified atom stereocenters. The molecule has 2 nitrogen and oxygen atoms in total. The van der Waals surface area contributed by atoms with Crippen LogP contribution < -0.4 is 4.90 Å². The van der Waals surface area contributed by atoms with E-state index in [0.29, 0.717) is 0 Å². The highest BCUT2D eigenvalue weighted by atomic mass is 15.2. The van der Waals surface area contributed by atoms with Crippen molar-refractivity contribution < 1.29 is 0 Å². The largest absolute Gasteiger partial charge is 0.328 e. The summed E-state index contributed by atoms with van der Waals surface area (Å²) >= 11 is 0. The highest BCUT2D eigenvalue weighted by Gasteiger charge is 2.22. The van der Waals surface area contributed by atoms with E-state index >= 15 is 0 Å². The van der Waals surface area contributed by atoms with E-state index in [-0.39, 0.29) is 0 Å². The van der Waals surface area contributed by atoms with Crippen LogP contribution in [0.25, 0.3) is 0 Å². The van der Waals surface area contributed by atoms with Gasteiger partial charge in [-0.3, -0.25) is 4.99 Å². The fraction of sp³-hybridized carbons (Fsp3) is 0.417. The summed E-state index contributed by atoms with van der Waals surface area (Å²) in [5, 5.41) is 0. The number of fused-ring (bicyclic) bond motifs is 3. The molecule has 0 atom stereocenters. The van der Waals surface area contributed by atoms with Gasteiger partial charge < -0.3 is 4.90 Å². The van der Waals surface area contributed by atoms with Gasteiger partial charge in [0, 0.05) is 18.7 Å². The summed E-state index contributed by atoms with van der Waals surface area (Å²) in [6, 6.07) is 8.73. The standard InChI is InChI=1S/C12H14N2/c1-2-6-11-10(4-1)5-3-7-12-13-8-9-14(11)12/h1-2,4,6H,3,5,7-9H2. The zero-order valence-corrected chi connectivity index (χ0v) is 8.24. The summed E-state index contributed by atoms with van der Waals surface area (Å²) in [4.78, 5) is 6.95. The molecule has 0 amide bonds. The van der Waals surface area contributed by atoms with Gasteiger partial charge in [0.25, 0.3) is 0 Å². The number of hydrogen-bond donors (Lipinski definition) is 0. The highest BCUT2D eigenvalue weighted by molar-refractivity contribution is 6.00. The zero-order valence-electron chi connectivity index (χ0n) is 8.24. The Labute approximate surface area is 84.3 Å². The Kier molecular flexibility index (Phi) is 1.79. The number of para-hydroxylation sites is 1. The second kappa shape index (κ2) is 3.12.